The van der Waals surface area contributed by atoms with Crippen molar-refractivity contribution in [1.29, 1.82) is 0 Å². The zero-order valence-corrected chi connectivity index (χ0v) is 15.5. The van der Waals surface area contributed by atoms with Gasteiger partial charge < -0.3 is 14.7 Å². The Morgan fingerprint density at radius 1 is 1.12 bits per heavy atom. The number of carbonyl (C=O) groups is 1. The highest BCUT2D eigenvalue weighted by Crippen LogP contribution is 2.15. The van der Waals surface area contributed by atoms with Crippen molar-refractivity contribution in [2.45, 2.75) is 19.8 Å². The lowest BCUT2D eigenvalue weighted by molar-refractivity contribution is 0.0740. The average molecular weight is 354 g/mol. The maximum absolute atomic E-state index is 12.7. The Kier molecular flexibility index (Phi) is 5.99. The van der Waals surface area contributed by atoms with Crippen molar-refractivity contribution >= 4 is 17.5 Å². The van der Waals surface area contributed by atoms with Crippen LogP contribution < -0.4 is 9.80 Å². The molecule has 1 fully saturated rings. The second-order valence-corrected chi connectivity index (χ2v) is 6.50. The molecule has 26 heavy (non-hydrogen) atoms. The number of aromatic nitrogens is 3. The summed E-state index contributed by atoms with van der Waals surface area (Å²) < 4.78 is 0. The van der Waals surface area contributed by atoms with Crippen molar-refractivity contribution in [3.63, 3.8) is 0 Å². The van der Waals surface area contributed by atoms with Crippen LogP contribution in [0.2, 0.25) is 0 Å². The molecule has 0 spiro atoms. The molecule has 0 aromatic carbocycles. The third-order valence-electron chi connectivity index (χ3n) is 4.66. The maximum atomic E-state index is 12.7. The molecule has 1 aliphatic rings. The average Bonchev–Trinajstić information content (AvgIpc) is 2.72. The van der Waals surface area contributed by atoms with E-state index in [-0.39, 0.29) is 5.91 Å². The van der Waals surface area contributed by atoms with Gasteiger partial charge in [0.1, 0.15) is 5.69 Å². The van der Waals surface area contributed by atoms with E-state index in [9.17, 15) is 4.79 Å². The van der Waals surface area contributed by atoms with Gasteiger partial charge in [-0.3, -0.25) is 4.79 Å². The van der Waals surface area contributed by atoms with E-state index in [2.05, 4.69) is 38.7 Å². The smallest absolute Gasteiger partial charge is 0.272 e. The van der Waals surface area contributed by atoms with E-state index in [1.165, 1.54) is 0 Å². The first-order chi connectivity index (χ1) is 12.7. The summed E-state index contributed by atoms with van der Waals surface area (Å²) in [5.41, 5.74) is 1.54. The van der Waals surface area contributed by atoms with Crippen LogP contribution in [-0.4, -0.2) is 65.5 Å². The first-order valence-corrected chi connectivity index (χ1v) is 9.17. The van der Waals surface area contributed by atoms with Gasteiger partial charge in [0, 0.05) is 52.2 Å². The van der Waals surface area contributed by atoms with Crippen LogP contribution >= 0.6 is 0 Å². The van der Waals surface area contributed by atoms with Crippen molar-refractivity contribution in [2.75, 3.05) is 49.6 Å². The quantitative estimate of drug-likeness (QED) is 0.791. The van der Waals surface area contributed by atoms with Gasteiger partial charge in [-0.2, -0.15) is 0 Å². The van der Waals surface area contributed by atoms with Crippen LogP contribution in [0.4, 0.5) is 11.6 Å². The molecule has 0 aliphatic carbocycles. The lowest BCUT2D eigenvalue weighted by atomic mass is 10.2. The molecular weight excluding hydrogens is 328 g/mol. The van der Waals surface area contributed by atoms with E-state index < -0.39 is 0 Å². The van der Waals surface area contributed by atoms with Crippen molar-refractivity contribution in [3.05, 3.63) is 42.5 Å². The fraction of sp³-hybridized carbons (Fsp3) is 0.474. The topological polar surface area (TPSA) is 65.5 Å². The number of hydrogen-bond acceptors (Lipinski definition) is 6. The minimum atomic E-state index is -0.0126. The molecule has 0 saturated carbocycles. The minimum absolute atomic E-state index is 0.0126. The molecule has 1 amide bonds. The van der Waals surface area contributed by atoms with Crippen LogP contribution in [0.25, 0.3) is 0 Å². The van der Waals surface area contributed by atoms with E-state index in [1.807, 2.05) is 17.0 Å². The molecule has 2 aromatic heterocycles. The Morgan fingerprint density at radius 2 is 1.85 bits per heavy atom. The maximum Gasteiger partial charge on any atom is 0.272 e. The van der Waals surface area contributed by atoms with Crippen LogP contribution in [-0.2, 0) is 0 Å². The Labute approximate surface area is 154 Å². The van der Waals surface area contributed by atoms with Crippen molar-refractivity contribution in [1.82, 2.24) is 19.9 Å². The van der Waals surface area contributed by atoms with Crippen LogP contribution in [0.15, 0.2) is 36.8 Å². The first kappa shape index (κ1) is 18.1. The molecule has 138 valence electrons. The zero-order valence-electron chi connectivity index (χ0n) is 15.5. The van der Waals surface area contributed by atoms with E-state index >= 15 is 0 Å². The highest BCUT2D eigenvalue weighted by molar-refractivity contribution is 5.92. The Bertz CT molecular complexity index is 698. The van der Waals surface area contributed by atoms with Gasteiger partial charge in [-0.15, -0.1) is 0 Å². The number of unbranched alkanes of at least 4 members (excludes halogenated alkanes) is 1. The molecule has 0 N–H and O–H groups in total. The summed E-state index contributed by atoms with van der Waals surface area (Å²) in [6, 6.07) is 5.61. The third-order valence-corrected chi connectivity index (χ3v) is 4.66. The fourth-order valence-electron chi connectivity index (χ4n) is 2.99. The van der Waals surface area contributed by atoms with Gasteiger partial charge in [0.25, 0.3) is 5.91 Å². The summed E-state index contributed by atoms with van der Waals surface area (Å²) in [7, 11) is 2.05. The van der Waals surface area contributed by atoms with Gasteiger partial charge in [-0.05, 0) is 24.6 Å². The molecule has 0 radical (unpaired) electrons. The molecular formula is C19H26N6O. The molecule has 1 saturated heterocycles. The summed E-state index contributed by atoms with van der Waals surface area (Å²) in [6.07, 6.45) is 7.57. The van der Waals surface area contributed by atoms with Gasteiger partial charge in [0.15, 0.2) is 0 Å². The molecule has 7 heteroatoms. The van der Waals surface area contributed by atoms with Gasteiger partial charge in [0.05, 0.1) is 11.9 Å². The predicted molar refractivity (Wildman–Crippen MR) is 103 cm³/mol. The minimum Gasteiger partial charge on any atom is -0.373 e. The summed E-state index contributed by atoms with van der Waals surface area (Å²) in [5, 5.41) is 0. The number of nitrogens with zero attached hydrogens (tertiary/aromatic N) is 6. The second-order valence-electron chi connectivity index (χ2n) is 6.50. The van der Waals surface area contributed by atoms with Gasteiger partial charge >= 0.3 is 0 Å². The third kappa shape index (κ3) is 4.28. The first-order valence-electron chi connectivity index (χ1n) is 9.17. The van der Waals surface area contributed by atoms with E-state index in [1.54, 1.807) is 24.7 Å². The van der Waals surface area contributed by atoms with Crippen molar-refractivity contribution in [2.24, 2.45) is 0 Å². The normalized spacial score (nSPS) is 14.4. The Balaban J connectivity index is 1.56. The summed E-state index contributed by atoms with van der Waals surface area (Å²) in [6.45, 7) is 5.93. The monoisotopic (exact) mass is 354 g/mol. The SMILES string of the molecule is CCCCN(C)c1ccc(C(=O)N2CCN(c3ncccn3)CC2)nc1. The van der Waals surface area contributed by atoms with E-state index in [0.29, 0.717) is 18.8 Å². The number of piperazine rings is 1. The molecule has 3 rings (SSSR count). The Hall–Kier alpha value is -2.70. The lowest BCUT2D eigenvalue weighted by Gasteiger charge is -2.34. The number of amides is 1. The second kappa shape index (κ2) is 8.60. The highest BCUT2D eigenvalue weighted by atomic mass is 16.2. The van der Waals surface area contributed by atoms with Gasteiger partial charge in [0.2, 0.25) is 5.95 Å². The van der Waals surface area contributed by atoms with Crippen LogP contribution in [0, 0.1) is 0 Å². The van der Waals surface area contributed by atoms with E-state index in [0.717, 1.165) is 44.1 Å². The summed E-state index contributed by atoms with van der Waals surface area (Å²) in [4.78, 5) is 31.7. The zero-order chi connectivity index (χ0) is 18.4. The van der Waals surface area contributed by atoms with Gasteiger partial charge in [-0.25, -0.2) is 15.0 Å². The van der Waals surface area contributed by atoms with Gasteiger partial charge in [-0.1, -0.05) is 13.3 Å². The van der Waals surface area contributed by atoms with Crippen LogP contribution in [0.1, 0.15) is 30.3 Å². The van der Waals surface area contributed by atoms with Crippen LogP contribution in [0.5, 0.6) is 0 Å². The molecule has 7 nitrogen and oxygen atoms in total. The van der Waals surface area contributed by atoms with E-state index in [4.69, 9.17) is 0 Å². The standard InChI is InChI=1S/C19H26N6O/c1-3-4-10-23(2)16-6-7-17(22-15-16)18(26)24-11-13-25(14-12-24)19-20-8-5-9-21-19/h5-9,15H,3-4,10-14H2,1-2H3. The summed E-state index contributed by atoms with van der Waals surface area (Å²) in [5.74, 6) is 0.707. The Morgan fingerprint density at radius 3 is 2.46 bits per heavy atom. The number of hydrogen-bond donors (Lipinski definition) is 0. The van der Waals surface area contributed by atoms with Crippen molar-refractivity contribution < 1.29 is 4.79 Å². The molecule has 0 atom stereocenters. The highest BCUT2D eigenvalue weighted by Gasteiger charge is 2.24. The summed E-state index contributed by atoms with van der Waals surface area (Å²) >= 11 is 0. The lowest BCUT2D eigenvalue weighted by Crippen LogP contribution is -2.49. The number of rotatable bonds is 6. The molecule has 1 aliphatic heterocycles. The largest absolute Gasteiger partial charge is 0.373 e. The number of anilines is 2. The fourth-order valence-corrected chi connectivity index (χ4v) is 2.99. The number of carbonyl (C=O) groups excluding carboxylic acids is 1. The molecule has 0 bridgehead atoms. The number of pyridine rings is 1. The van der Waals surface area contributed by atoms with Crippen LogP contribution in [0.3, 0.4) is 0 Å². The predicted octanol–water partition coefficient (Wildman–Crippen LogP) is 2.07. The molecule has 2 aromatic rings. The van der Waals surface area contributed by atoms with Crippen molar-refractivity contribution in [3.8, 4) is 0 Å². The molecule has 0 unspecified atom stereocenters. The molecule has 3 heterocycles.